The summed E-state index contributed by atoms with van der Waals surface area (Å²) in [4.78, 5) is -0.265. The number of hydrogen-bond donors (Lipinski definition) is 5. The first-order valence-corrected chi connectivity index (χ1v) is 23.3. The number of azo groups is 2. The maximum absolute atomic E-state index is 12.3. The summed E-state index contributed by atoms with van der Waals surface area (Å²) < 4.78 is 179. The van der Waals surface area contributed by atoms with Crippen molar-refractivity contribution in [2.45, 2.75) is 9.79 Å². The van der Waals surface area contributed by atoms with Gasteiger partial charge in [-0.2, -0.15) is 27.5 Å². The summed E-state index contributed by atoms with van der Waals surface area (Å²) in [6.45, 7) is 6.76. The molecule has 0 heterocycles. The molecule has 1 radical (unpaired) electrons. The van der Waals surface area contributed by atoms with Crippen molar-refractivity contribution in [1.29, 1.82) is 0 Å². The molecule has 5 N–H and O–H groups in total. The second-order valence-electron chi connectivity index (χ2n) is 10.4. The molecule has 4 aromatic carbocycles. The summed E-state index contributed by atoms with van der Waals surface area (Å²) in [5.74, 6) is -2.92. The minimum atomic E-state index is -4.92. The number of rotatable bonds is 12. The normalized spacial score (nSPS) is 11.1. The van der Waals surface area contributed by atoms with Crippen LogP contribution in [0.3, 0.4) is 0 Å². The van der Waals surface area contributed by atoms with Crippen LogP contribution in [0, 0.1) is 19.9 Å². The van der Waals surface area contributed by atoms with E-state index in [1.807, 2.05) is 0 Å². The van der Waals surface area contributed by atoms with Gasteiger partial charge in [-0.1, -0.05) is 28.3 Å². The van der Waals surface area contributed by atoms with Crippen LogP contribution in [-0.4, -0.2) is 112 Å². The number of nitrogens with zero attached hydrogens (tertiary/aromatic N) is 4. The number of benzene rings is 4. The van der Waals surface area contributed by atoms with Crippen molar-refractivity contribution in [1.82, 2.24) is 0 Å². The molecule has 0 aromatic heterocycles. The van der Waals surface area contributed by atoms with E-state index < -0.39 is 84.3 Å². The van der Waals surface area contributed by atoms with Gasteiger partial charge in [-0.15, -0.1) is 17.7 Å². The Labute approximate surface area is 473 Å². The van der Waals surface area contributed by atoms with Crippen LogP contribution in [0.15, 0.2) is 84.8 Å². The van der Waals surface area contributed by atoms with Crippen molar-refractivity contribution in [2.24, 2.45) is 20.5 Å². The quantitative estimate of drug-likeness (QED) is 0.0289. The second kappa shape index (κ2) is 32.2. The SMILES string of the molecule is O=S(=O)([O-])O.O=S(=O)([O-])O.O=S(=O)=O.[CH2-]CS(=O)(=O)c1ccc(N=Nc2c(NCS(=O)(=O)[O-])ccc3c(O)c(N=Nc4cc(OC)c(S(=O)(=O)C[CH2-])cc4O)[c-]cc23)cc1.[Cu].[Na+].[Na+].[Na+].[Na+]. The third-order valence-corrected chi connectivity index (χ3v) is 9.89. The molecule has 4 rings (SSSR count). The second-order valence-corrected chi connectivity index (χ2v) is 18.1. The van der Waals surface area contributed by atoms with Gasteiger partial charge in [0.2, 0.25) is 20.8 Å². The van der Waals surface area contributed by atoms with Crippen LogP contribution in [0.2, 0.25) is 0 Å². The summed E-state index contributed by atoms with van der Waals surface area (Å²) in [5, 5.41) is 40.3. The Balaban J connectivity index is -0.000000552. The van der Waals surface area contributed by atoms with Gasteiger partial charge in [0.15, 0.2) is 19.7 Å². The summed E-state index contributed by atoms with van der Waals surface area (Å²) in [7, 11) is -23.8. The molecule has 65 heavy (non-hydrogen) atoms. The fourth-order valence-corrected chi connectivity index (χ4v) is 6.05. The predicted molar refractivity (Wildman–Crippen MR) is 201 cm³/mol. The number of methoxy groups -OCH3 is 1. The first-order chi connectivity index (χ1) is 27.3. The molecule has 0 spiro atoms. The standard InChI is InChI=1S/C28H26N5O10S3.Cu.4Na.2H2O4S.O3S/c1-4-44(36,37)18-8-6-17(7-9-18)30-33-27-19-10-13-22(28(35)20(19)11-12-21(27)29-16-46(40,41)42)31-32-23-14-25(43-3)26(15-24(23)34)45(38,39)5-2;;;;;;2*1-5(2,3)4;1-4(2)3/h6-12,14-15,29,34-35H,1-2,4-5,16H2,3H3,(H,40,41,42);;;;;;2*(H2,1,2,3,4);/q-3;;4*+1;;;/p-3. The number of ether oxygens (including phenoxy) is 1. The number of hydrogen-bond acceptors (Lipinski definition) is 24. The molecule has 0 aliphatic rings. The van der Waals surface area contributed by atoms with Crippen LogP contribution < -0.4 is 128 Å². The van der Waals surface area contributed by atoms with E-state index in [0.717, 1.165) is 12.1 Å². The number of phenolic OH excluding ortho intramolecular Hbond substituents is 2. The average Bonchev–Trinajstić information content (AvgIpc) is 3.11. The van der Waals surface area contributed by atoms with Gasteiger partial charge in [0.1, 0.15) is 38.1 Å². The molecule has 0 fully saturated rings. The molecule has 26 nitrogen and oxygen atoms in total. The molecular weight excluding hydrogens is 1090 g/mol. The Bertz CT molecular complexity index is 2900. The Morgan fingerprint density at radius 1 is 0.723 bits per heavy atom. The molecule has 0 unspecified atom stereocenters. The molecule has 4 aromatic rings. The van der Waals surface area contributed by atoms with Gasteiger partial charge >= 0.3 is 129 Å². The number of fused-ring (bicyclic) bond motifs is 1. The topological polar surface area (TPSA) is 443 Å². The summed E-state index contributed by atoms with van der Waals surface area (Å²) in [6.07, 6.45) is 0. The van der Waals surface area contributed by atoms with Crippen LogP contribution in [0.5, 0.6) is 17.2 Å². The molecule has 0 saturated carbocycles. The van der Waals surface area contributed by atoms with Crippen LogP contribution in [0.4, 0.5) is 28.4 Å². The number of nitrogens with one attached hydrogen (secondary N) is 1. The van der Waals surface area contributed by atoms with Crippen LogP contribution >= 0.6 is 0 Å². The van der Waals surface area contributed by atoms with E-state index in [-0.39, 0.29) is 196 Å². The fraction of sp³-hybridized carbons (Fsp3) is 0.143. The number of anilines is 1. The number of phenols is 2. The first kappa shape index (κ1) is 73.2. The third-order valence-electron chi connectivity index (χ3n) is 6.34. The minimum absolute atomic E-state index is 0. The predicted octanol–water partition coefficient (Wildman–Crippen LogP) is -9.96. The molecule has 0 aliphatic carbocycles. The maximum atomic E-state index is 12.3. The molecule has 0 aliphatic heterocycles. The van der Waals surface area contributed by atoms with Gasteiger partial charge in [0.25, 0.3) is 0 Å². The van der Waals surface area contributed by atoms with E-state index in [1.54, 1.807) is 0 Å². The zero-order valence-corrected chi connectivity index (χ0v) is 47.8. The monoisotopic (exact) mass is 1120 g/mol. The largest absolute Gasteiger partial charge is 1.00 e. The third kappa shape index (κ3) is 28.5. The summed E-state index contributed by atoms with van der Waals surface area (Å²) in [5.41, 5.74) is -0.105. The van der Waals surface area contributed by atoms with Gasteiger partial charge in [-0.05, 0) is 30.3 Å². The van der Waals surface area contributed by atoms with E-state index in [9.17, 15) is 40.0 Å². The summed E-state index contributed by atoms with van der Waals surface area (Å²) in [6, 6.07) is 14.3. The summed E-state index contributed by atoms with van der Waals surface area (Å²) >= 11 is 0. The Kier molecular flexibility index (Phi) is 36.2. The number of sulfone groups is 2. The van der Waals surface area contributed by atoms with E-state index in [0.29, 0.717) is 0 Å². The van der Waals surface area contributed by atoms with Gasteiger partial charge in [-0.25, -0.2) is 42.1 Å². The smallest absolute Gasteiger partial charge is 0.747 e. The Morgan fingerprint density at radius 3 is 1.63 bits per heavy atom. The van der Waals surface area contributed by atoms with Crippen molar-refractivity contribution in [3.8, 4) is 17.2 Å². The van der Waals surface area contributed by atoms with Crippen LogP contribution in [0.25, 0.3) is 10.8 Å². The van der Waals surface area contributed by atoms with E-state index in [2.05, 4.69) is 45.7 Å². The fourth-order valence-electron chi connectivity index (χ4n) is 3.97. The van der Waals surface area contributed by atoms with Crippen molar-refractivity contribution in [2.75, 3.05) is 29.8 Å². The molecule has 343 valence electrons. The van der Waals surface area contributed by atoms with Crippen molar-refractivity contribution in [3.05, 3.63) is 74.5 Å². The van der Waals surface area contributed by atoms with Crippen molar-refractivity contribution in [3.63, 3.8) is 0 Å². The van der Waals surface area contributed by atoms with Crippen molar-refractivity contribution < 1.29 is 228 Å². The van der Waals surface area contributed by atoms with Gasteiger partial charge in [-0.3, -0.25) is 9.11 Å². The molecule has 0 saturated heterocycles. The van der Waals surface area contributed by atoms with E-state index in [1.165, 1.54) is 49.6 Å². The zero-order chi connectivity index (χ0) is 46.4. The molecule has 0 atom stereocenters. The van der Waals surface area contributed by atoms with Crippen LogP contribution in [0.1, 0.15) is 0 Å². The molecule has 0 amide bonds. The zero-order valence-electron chi connectivity index (χ0n) is 34.0. The Hall–Kier alpha value is -0.771. The van der Waals surface area contributed by atoms with Gasteiger partial charge in [0.05, 0.1) is 29.1 Å². The van der Waals surface area contributed by atoms with Crippen molar-refractivity contribution >= 4 is 100 Å². The maximum Gasteiger partial charge on any atom is 1.00 e. The van der Waals surface area contributed by atoms with Gasteiger partial charge < -0.3 is 47.8 Å². The van der Waals surface area contributed by atoms with E-state index in [4.69, 9.17) is 52.4 Å². The first-order valence-electron chi connectivity index (χ1n) is 14.7. The number of aromatic hydroxyl groups is 2. The van der Waals surface area contributed by atoms with E-state index >= 15 is 0 Å². The minimum Gasteiger partial charge on any atom is -0.747 e. The van der Waals surface area contributed by atoms with Crippen LogP contribution in [-0.2, 0) is 78.3 Å². The van der Waals surface area contributed by atoms with Gasteiger partial charge in [0, 0.05) is 40.6 Å². The Morgan fingerprint density at radius 2 is 1.20 bits per heavy atom. The molecule has 0 bridgehead atoms. The molecule has 37 heteroatoms. The average molecular weight is 1120 g/mol. The molecular formula is C28H27CuN5Na4O21S6-2.